The van der Waals surface area contributed by atoms with Crippen LogP contribution in [0.4, 0.5) is 0 Å². The summed E-state index contributed by atoms with van der Waals surface area (Å²) in [5, 5.41) is 214. The number of carbonyl (C=O) groups excluding carboxylic acids is 6. The Kier molecular flexibility index (Phi) is 12.0. The van der Waals surface area contributed by atoms with E-state index in [9.17, 15) is 121 Å². The minimum absolute atomic E-state index is 0.0110. The number of ketones is 6. The van der Waals surface area contributed by atoms with E-state index in [2.05, 4.69) is 0 Å². The van der Waals surface area contributed by atoms with Crippen LogP contribution in [0.3, 0.4) is 0 Å². The van der Waals surface area contributed by atoms with Crippen molar-refractivity contribution >= 4 is 34.7 Å². The molecule has 0 saturated carbocycles. The van der Waals surface area contributed by atoms with Crippen molar-refractivity contribution in [2.24, 2.45) is 0 Å². The van der Waals surface area contributed by atoms with E-state index < -0.39 is 178 Å². The van der Waals surface area contributed by atoms with Gasteiger partial charge in [0.2, 0.25) is 45.9 Å². The molecule has 26 nitrogen and oxygen atoms in total. The van der Waals surface area contributed by atoms with Gasteiger partial charge in [0.1, 0.15) is 0 Å². The van der Waals surface area contributed by atoms with Crippen molar-refractivity contribution in [1.82, 2.24) is 0 Å². The normalized spacial score (nSPS) is 14.2. The highest BCUT2D eigenvalue weighted by atomic mass is 16.4. The van der Waals surface area contributed by atoms with Crippen LogP contribution in [0.2, 0.25) is 0 Å². The van der Waals surface area contributed by atoms with Gasteiger partial charge in [-0.2, -0.15) is 0 Å². The number of phenolic OH excluding ortho intramolecular Hbond substituents is 15. The van der Waals surface area contributed by atoms with Gasteiger partial charge >= 0.3 is 0 Å². The van der Waals surface area contributed by atoms with E-state index in [1.54, 1.807) is 0 Å². The number of carbonyl (C=O) groups is 6. The first-order valence-corrected chi connectivity index (χ1v) is 17.9. The number of hydrogen-bond donors (Lipinski definition) is 20. The van der Waals surface area contributed by atoms with Crippen LogP contribution >= 0.6 is 0 Å². The van der Waals surface area contributed by atoms with Crippen molar-refractivity contribution in [3.05, 3.63) is 88.5 Å². The molecule has 0 amide bonds. The molecule has 67 heavy (non-hydrogen) atoms. The molecule has 26 heteroatoms. The summed E-state index contributed by atoms with van der Waals surface area (Å²) in [6.07, 6.45) is 0. The number of Topliss-reactive ketones (excluding diaryl/α,β-unsaturated/α-hetero) is 6. The molecule has 5 aromatic carbocycles. The van der Waals surface area contributed by atoms with E-state index in [1.807, 2.05) is 0 Å². The van der Waals surface area contributed by atoms with Crippen molar-refractivity contribution < 1.29 is 131 Å². The fourth-order valence-electron chi connectivity index (χ4n) is 6.76. The number of hydrogen-bond acceptors (Lipinski definition) is 26. The maximum absolute atomic E-state index is 15.5. The molecular formula is C41H32O26. The van der Waals surface area contributed by atoms with Gasteiger partial charge in [0.25, 0.3) is 5.60 Å². The van der Waals surface area contributed by atoms with Crippen LogP contribution < -0.4 is 0 Å². The second-order valence-electron chi connectivity index (χ2n) is 14.4. The van der Waals surface area contributed by atoms with Gasteiger partial charge in [-0.25, -0.2) is 0 Å². The van der Waals surface area contributed by atoms with Crippen molar-refractivity contribution in [2.75, 3.05) is 6.61 Å². The Morgan fingerprint density at radius 2 is 0.537 bits per heavy atom. The molecule has 0 bridgehead atoms. The number of phenols is 15. The lowest BCUT2D eigenvalue weighted by molar-refractivity contribution is -0.200. The largest absolute Gasteiger partial charge is 0.504 e. The molecule has 20 N–H and O–H groups in total. The third-order valence-corrected chi connectivity index (χ3v) is 10.4. The molecule has 0 aromatic heterocycles. The Morgan fingerprint density at radius 3 is 0.776 bits per heavy atom. The van der Waals surface area contributed by atoms with E-state index in [4.69, 9.17) is 0 Å². The highest BCUT2D eigenvalue weighted by molar-refractivity contribution is 6.42. The number of aliphatic hydroxyl groups is 5. The van der Waals surface area contributed by atoms with Gasteiger partial charge in [0, 0.05) is 27.8 Å². The fraction of sp³-hybridized carbons (Fsp3) is 0.122. The molecule has 0 heterocycles. The predicted octanol–water partition coefficient (Wildman–Crippen LogP) is -1.53. The summed E-state index contributed by atoms with van der Waals surface area (Å²) in [6, 6.07) is 0.321. The molecular weight excluding hydrogens is 908 g/mol. The molecule has 352 valence electrons. The van der Waals surface area contributed by atoms with Crippen LogP contribution in [0, 0.1) is 0 Å². The predicted molar refractivity (Wildman–Crippen MR) is 211 cm³/mol. The van der Waals surface area contributed by atoms with Crippen molar-refractivity contribution in [1.29, 1.82) is 0 Å². The Balaban J connectivity index is 2.08. The van der Waals surface area contributed by atoms with E-state index in [-0.39, 0.29) is 60.7 Å². The summed E-state index contributed by atoms with van der Waals surface area (Å²) in [5.41, 5.74) is -29.5. The molecule has 3 atom stereocenters. The summed E-state index contributed by atoms with van der Waals surface area (Å²) in [5.74, 6) is -39.9. The monoisotopic (exact) mass is 940 g/mol. The van der Waals surface area contributed by atoms with Gasteiger partial charge in [-0.1, -0.05) is 0 Å². The highest BCUT2D eigenvalue weighted by Gasteiger charge is 2.78. The summed E-state index contributed by atoms with van der Waals surface area (Å²) in [6.45, 7) is -2.65. The van der Waals surface area contributed by atoms with Gasteiger partial charge in [0.05, 0.1) is 6.61 Å². The van der Waals surface area contributed by atoms with Gasteiger partial charge in [0.15, 0.2) is 91.8 Å². The standard InChI is InChI=1S/C41H32O26/c42-11-38(64,32(58)12-1-17(43)27(53)18(44)2-12)41(67,36(62)16-9-25(51)31(57)26(52)10-16)40(66,35(61)15-7-23(49)30(56)24(50)8-15)37(63)39(65,33(59)13-3-19(45)28(54)20(46)4-13)34(60)14-5-21(47)29(55)22(48)6-14/h1-10,42-57,64-67H,11H2/t38-,40+,41+/m0/s1. The van der Waals surface area contributed by atoms with Gasteiger partial charge in [-0.15, -0.1) is 0 Å². The molecule has 0 aliphatic rings. The summed E-state index contributed by atoms with van der Waals surface area (Å²) in [7, 11) is 0. The average Bonchev–Trinajstić information content (AvgIpc) is 3.28. The lowest BCUT2D eigenvalue weighted by Gasteiger charge is -2.49. The van der Waals surface area contributed by atoms with Gasteiger partial charge in [-0.3, -0.25) is 28.8 Å². The summed E-state index contributed by atoms with van der Waals surface area (Å²) in [4.78, 5) is 89.2. The third-order valence-electron chi connectivity index (χ3n) is 10.4. The first-order valence-electron chi connectivity index (χ1n) is 17.9. The summed E-state index contributed by atoms with van der Waals surface area (Å²) >= 11 is 0. The highest BCUT2D eigenvalue weighted by Crippen LogP contribution is 2.49. The van der Waals surface area contributed by atoms with E-state index in [0.717, 1.165) is 0 Å². The van der Waals surface area contributed by atoms with Gasteiger partial charge < -0.3 is 102 Å². The van der Waals surface area contributed by atoms with Crippen LogP contribution in [-0.4, -0.2) is 166 Å². The molecule has 5 aromatic rings. The molecule has 0 unspecified atom stereocenters. The first kappa shape index (κ1) is 48.9. The number of aromatic hydroxyl groups is 15. The Hall–Kier alpha value is -9.08. The van der Waals surface area contributed by atoms with Gasteiger partial charge in [-0.05, 0) is 60.7 Å². The molecule has 0 radical (unpaired) electrons. The van der Waals surface area contributed by atoms with Crippen molar-refractivity contribution in [3.8, 4) is 86.2 Å². The van der Waals surface area contributed by atoms with Crippen LogP contribution in [0.1, 0.15) is 51.8 Å². The molecule has 0 aliphatic heterocycles. The number of rotatable bonds is 15. The third kappa shape index (κ3) is 7.25. The first-order chi connectivity index (χ1) is 30.9. The van der Waals surface area contributed by atoms with E-state index in [1.165, 1.54) is 0 Å². The van der Waals surface area contributed by atoms with Crippen LogP contribution in [0.15, 0.2) is 60.7 Å². The van der Waals surface area contributed by atoms with Crippen molar-refractivity contribution in [3.63, 3.8) is 0 Å². The molecule has 0 aliphatic carbocycles. The number of aliphatic hydroxyl groups excluding tert-OH is 1. The zero-order valence-electron chi connectivity index (χ0n) is 32.9. The average molecular weight is 941 g/mol. The lowest BCUT2D eigenvalue weighted by atomic mass is 9.58. The zero-order chi connectivity index (χ0) is 50.8. The Bertz CT molecular complexity index is 2810. The number of benzene rings is 5. The second kappa shape index (κ2) is 16.5. The van der Waals surface area contributed by atoms with Crippen LogP contribution in [0.25, 0.3) is 0 Å². The van der Waals surface area contributed by atoms with E-state index >= 15 is 9.59 Å². The second-order valence-corrected chi connectivity index (χ2v) is 14.4. The Morgan fingerprint density at radius 1 is 0.328 bits per heavy atom. The maximum atomic E-state index is 15.5. The van der Waals surface area contributed by atoms with E-state index in [0.29, 0.717) is 0 Å². The summed E-state index contributed by atoms with van der Waals surface area (Å²) < 4.78 is 0. The van der Waals surface area contributed by atoms with Crippen LogP contribution in [-0.2, 0) is 4.79 Å². The molecule has 0 fully saturated rings. The lowest BCUT2D eigenvalue weighted by Crippen LogP contribution is -2.82. The quantitative estimate of drug-likeness (QED) is 0.0322. The smallest absolute Gasteiger partial charge is 0.253 e. The Labute approximate surface area is 369 Å². The maximum Gasteiger partial charge on any atom is 0.253 e. The van der Waals surface area contributed by atoms with Crippen LogP contribution in [0.5, 0.6) is 86.2 Å². The fourth-order valence-corrected chi connectivity index (χ4v) is 6.76. The zero-order valence-corrected chi connectivity index (χ0v) is 32.9. The molecule has 0 saturated heterocycles. The van der Waals surface area contributed by atoms with Crippen molar-refractivity contribution in [2.45, 2.75) is 22.4 Å². The molecule has 5 rings (SSSR count). The molecule has 0 spiro atoms. The topological polar surface area (TPSA) is 507 Å². The minimum atomic E-state index is -5.72. The minimum Gasteiger partial charge on any atom is -0.504 e. The SMILES string of the molecule is O=C(c1cc(O)c(O)c(O)c1)C(O)(C(=O)c1cc(O)c(O)c(O)c1)C(=O)[C@](O)(C(=O)c1cc(O)c(O)c(O)c1)[C@@](O)(C(=O)c1cc(O)c(O)c(O)c1)[C@](O)(CO)C(=O)c1cc(O)c(O)c(O)c1.